The Morgan fingerprint density at radius 3 is 1.72 bits per heavy atom. The van der Waals surface area contributed by atoms with E-state index in [1.54, 1.807) is 37.5 Å². The van der Waals surface area contributed by atoms with E-state index in [0.29, 0.717) is 29.6 Å². The third-order valence-corrected chi connectivity index (χ3v) is 4.71. The Morgan fingerprint density at radius 2 is 1.28 bits per heavy atom. The number of rotatable bonds is 5. The Balaban J connectivity index is 0.000000181. The van der Waals surface area contributed by atoms with Crippen LogP contribution in [0.2, 0.25) is 0 Å². The molecule has 32 heavy (non-hydrogen) atoms. The minimum Gasteiger partial charge on any atom is -0.444 e. The van der Waals surface area contributed by atoms with Gasteiger partial charge in [0, 0.05) is 30.5 Å². The topological polar surface area (TPSA) is 82.4 Å². The average Bonchev–Trinajstić information content (AvgIpc) is 3.50. The minimum atomic E-state index is -0.321. The van der Waals surface area contributed by atoms with E-state index >= 15 is 0 Å². The molecule has 2 aromatic carbocycles. The van der Waals surface area contributed by atoms with E-state index in [1.807, 2.05) is 6.92 Å². The van der Waals surface area contributed by atoms with Gasteiger partial charge in [0.05, 0.1) is 5.69 Å². The fourth-order valence-corrected chi connectivity index (χ4v) is 2.63. The first-order valence-electron chi connectivity index (χ1n) is 9.90. The number of nitrogens with zero attached hydrogens (tertiary/aromatic N) is 3. The molecule has 0 saturated heterocycles. The number of aromatic nitrogens is 2. The van der Waals surface area contributed by atoms with Crippen molar-refractivity contribution in [1.29, 1.82) is 0 Å². The van der Waals surface area contributed by atoms with Crippen molar-refractivity contribution in [3.05, 3.63) is 95.5 Å². The van der Waals surface area contributed by atoms with Crippen LogP contribution in [0.25, 0.3) is 27.8 Å². The van der Waals surface area contributed by atoms with Crippen molar-refractivity contribution in [3.8, 4) is 22.9 Å². The highest BCUT2D eigenvalue weighted by Gasteiger charge is 2.15. The van der Waals surface area contributed by atoms with Crippen molar-refractivity contribution >= 4 is 0 Å². The summed E-state index contributed by atoms with van der Waals surface area (Å²) in [7, 11) is 0. The number of hydrogen-bond acceptors (Lipinski definition) is 5. The van der Waals surface area contributed by atoms with Crippen LogP contribution in [0.1, 0.15) is 37.2 Å². The second-order valence-electron chi connectivity index (χ2n) is 7.11. The number of benzene rings is 2. The lowest BCUT2D eigenvalue weighted by Gasteiger charge is -2.00. The highest BCUT2D eigenvalue weighted by atomic mass is 19.1. The van der Waals surface area contributed by atoms with E-state index in [4.69, 9.17) is 21.1 Å². The predicted molar refractivity (Wildman–Crippen MR) is 116 cm³/mol. The van der Waals surface area contributed by atoms with Crippen LogP contribution in [0.4, 0.5) is 8.78 Å². The monoisotopic (exact) mass is 436 g/mol. The fourth-order valence-electron chi connectivity index (χ4n) is 2.63. The standard InChI is InChI=1S/C12H9FN2O.C12H13FN2O/c1-8(14-2)11-7-16-12(15-11)9-3-5-10(13)6-4-9;1-8(6-14)11-7-16-12(15-11)9-2-4-10(13)5-3-9/h3-8H,1H3;2-5,7-8H,6,14H2,1H3. The van der Waals surface area contributed by atoms with Crippen LogP contribution in [-0.4, -0.2) is 16.5 Å². The number of hydrogen-bond donors (Lipinski definition) is 1. The van der Waals surface area contributed by atoms with Gasteiger partial charge in [0.2, 0.25) is 11.8 Å². The second-order valence-corrected chi connectivity index (χ2v) is 7.11. The largest absolute Gasteiger partial charge is 0.444 e. The lowest BCUT2D eigenvalue weighted by Crippen LogP contribution is -2.08. The van der Waals surface area contributed by atoms with Gasteiger partial charge >= 0.3 is 0 Å². The molecule has 2 heterocycles. The van der Waals surface area contributed by atoms with Gasteiger partial charge in [0.1, 0.15) is 24.2 Å². The van der Waals surface area contributed by atoms with Gasteiger partial charge in [-0.05, 0) is 48.5 Å². The van der Waals surface area contributed by atoms with Gasteiger partial charge in [-0.2, -0.15) is 0 Å². The molecule has 4 rings (SSSR count). The van der Waals surface area contributed by atoms with Crippen LogP contribution in [0, 0.1) is 18.2 Å². The highest BCUT2D eigenvalue weighted by molar-refractivity contribution is 5.53. The molecule has 2 N–H and O–H groups in total. The highest BCUT2D eigenvalue weighted by Crippen LogP contribution is 2.23. The number of nitrogens with two attached hydrogens (primary N) is 1. The van der Waals surface area contributed by atoms with Crippen LogP contribution in [0.5, 0.6) is 0 Å². The maximum absolute atomic E-state index is 12.7. The summed E-state index contributed by atoms with van der Waals surface area (Å²) >= 11 is 0. The molecule has 0 aliphatic rings. The van der Waals surface area contributed by atoms with Crippen molar-refractivity contribution in [2.24, 2.45) is 5.73 Å². The smallest absolute Gasteiger partial charge is 0.265 e. The Bertz CT molecular complexity index is 1180. The van der Waals surface area contributed by atoms with Crippen molar-refractivity contribution in [2.75, 3.05) is 6.54 Å². The van der Waals surface area contributed by atoms with Crippen LogP contribution >= 0.6 is 0 Å². The van der Waals surface area contributed by atoms with Crippen LogP contribution in [0.15, 0.2) is 69.9 Å². The zero-order valence-electron chi connectivity index (χ0n) is 17.6. The first-order chi connectivity index (χ1) is 15.4. The van der Waals surface area contributed by atoms with E-state index in [9.17, 15) is 8.78 Å². The maximum atomic E-state index is 12.7. The van der Waals surface area contributed by atoms with E-state index in [2.05, 4.69) is 14.8 Å². The zero-order valence-corrected chi connectivity index (χ0v) is 17.6. The van der Waals surface area contributed by atoms with Crippen molar-refractivity contribution in [3.63, 3.8) is 0 Å². The minimum absolute atomic E-state index is 0.165. The van der Waals surface area contributed by atoms with E-state index in [1.165, 1.54) is 30.5 Å². The van der Waals surface area contributed by atoms with E-state index in [0.717, 1.165) is 11.3 Å². The number of halogens is 2. The summed E-state index contributed by atoms with van der Waals surface area (Å²) in [5.41, 5.74) is 8.41. The second kappa shape index (κ2) is 10.5. The first-order valence-corrected chi connectivity index (χ1v) is 9.90. The summed E-state index contributed by atoms with van der Waals surface area (Å²) in [6.45, 7) is 11.1. The summed E-state index contributed by atoms with van der Waals surface area (Å²) in [5, 5.41) is 0. The predicted octanol–water partition coefficient (Wildman–Crippen LogP) is 6.00. The average molecular weight is 436 g/mol. The Labute approximate surface area is 184 Å². The molecule has 2 unspecified atom stereocenters. The van der Waals surface area contributed by atoms with Crippen LogP contribution < -0.4 is 5.73 Å². The molecule has 4 aromatic rings. The molecule has 0 bridgehead atoms. The van der Waals surface area contributed by atoms with Crippen molar-refractivity contribution in [2.45, 2.75) is 25.8 Å². The molecule has 8 heteroatoms. The molecule has 0 aliphatic carbocycles. The molecule has 2 aromatic heterocycles. The van der Waals surface area contributed by atoms with Crippen LogP contribution in [-0.2, 0) is 0 Å². The Morgan fingerprint density at radius 1 is 0.844 bits per heavy atom. The van der Waals surface area contributed by atoms with Gasteiger partial charge in [-0.25, -0.2) is 25.3 Å². The molecule has 6 nitrogen and oxygen atoms in total. The molecule has 0 aliphatic heterocycles. The van der Waals surface area contributed by atoms with Crippen molar-refractivity contribution in [1.82, 2.24) is 9.97 Å². The molecule has 2 atom stereocenters. The molecular formula is C24H22F2N4O2. The molecule has 0 saturated carbocycles. The summed E-state index contributed by atoms with van der Waals surface area (Å²) in [4.78, 5) is 11.8. The first kappa shape index (κ1) is 22.8. The van der Waals surface area contributed by atoms with Gasteiger partial charge in [0.15, 0.2) is 5.69 Å². The molecule has 0 radical (unpaired) electrons. The lowest BCUT2D eigenvalue weighted by atomic mass is 10.1. The van der Waals surface area contributed by atoms with Crippen LogP contribution in [0.3, 0.4) is 0 Å². The molecule has 0 fully saturated rings. The Kier molecular flexibility index (Phi) is 7.47. The molecule has 164 valence electrons. The van der Waals surface area contributed by atoms with E-state index < -0.39 is 0 Å². The van der Waals surface area contributed by atoms with E-state index in [-0.39, 0.29) is 23.6 Å². The maximum Gasteiger partial charge on any atom is 0.265 e. The fraction of sp³-hybridized carbons (Fsp3) is 0.208. The third kappa shape index (κ3) is 5.65. The van der Waals surface area contributed by atoms with Gasteiger partial charge in [0.25, 0.3) is 6.04 Å². The summed E-state index contributed by atoms with van der Waals surface area (Å²) in [6.07, 6.45) is 3.05. The van der Waals surface area contributed by atoms with Gasteiger partial charge in [-0.1, -0.05) is 6.92 Å². The third-order valence-electron chi connectivity index (χ3n) is 4.71. The normalized spacial score (nSPS) is 12.4. The summed E-state index contributed by atoms with van der Waals surface area (Å²) in [5.74, 6) is 0.495. The van der Waals surface area contributed by atoms with Gasteiger partial charge in [-0.15, -0.1) is 0 Å². The summed E-state index contributed by atoms with van der Waals surface area (Å²) in [6, 6.07) is 11.6. The van der Waals surface area contributed by atoms with Crippen molar-refractivity contribution < 1.29 is 17.6 Å². The number of oxazole rings is 2. The SMILES string of the molecule is CC(CN)c1coc(-c2ccc(F)cc2)n1.[C-]#[N+]C(C)c1coc(-c2ccc(F)cc2)n1. The molecule has 0 amide bonds. The zero-order chi connectivity index (χ0) is 23.1. The molecule has 0 spiro atoms. The summed E-state index contributed by atoms with van der Waals surface area (Å²) < 4.78 is 36.0. The van der Waals surface area contributed by atoms with Gasteiger partial charge < -0.3 is 19.4 Å². The Hall–Kier alpha value is -3.83. The lowest BCUT2D eigenvalue weighted by molar-refractivity contribution is 0.569. The molecular weight excluding hydrogens is 414 g/mol. The quantitative estimate of drug-likeness (QED) is 0.388. The van der Waals surface area contributed by atoms with Gasteiger partial charge in [-0.3, -0.25) is 0 Å².